The highest BCUT2D eigenvalue weighted by molar-refractivity contribution is 6.33. The smallest absolute Gasteiger partial charge is 0.258 e. The van der Waals surface area contributed by atoms with Gasteiger partial charge in [-0.3, -0.25) is 14.5 Å². The first-order chi connectivity index (χ1) is 13.5. The van der Waals surface area contributed by atoms with Gasteiger partial charge in [-0.15, -0.1) is 0 Å². The molecule has 4 rings (SSSR count). The van der Waals surface area contributed by atoms with E-state index in [4.69, 9.17) is 11.6 Å². The number of carbonyl (C=O) groups is 2. The quantitative estimate of drug-likeness (QED) is 0.830. The number of benzene rings is 1. The Morgan fingerprint density at radius 2 is 1.82 bits per heavy atom. The minimum atomic E-state index is -0.105. The summed E-state index contributed by atoms with van der Waals surface area (Å²) in [5.74, 6) is -0.0305. The lowest BCUT2D eigenvalue weighted by Crippen LogP contribution is -2.51. The highest BCUT2D eigenvalue weighted by Gasteiger charge is 2.29. The molecule has 1 N–H and O–H groups in total. The van der Waals surface area contributed by atoms with Crippen molar-refractivity contribution in [1.29, 1.82) is 0 Å². The lowest BCUT2D eigenvalue weighted by molar-refractivity contribution is -0.122. The van der Waals surface area contributed by atoms with Crippen molar-refractivity contribution in [2.24, 2.45) is 0 Å². The fraction of sp³-hybridized carbons (Fsp3) is 0.450. The molecule has 1 aliphatic heterocycles. The summed E-state index contributed by atoms with van der Waals surface area (Å²) in [5, 5.41) is 7.80. The van der Waals surface area contributed by atoms with Gasteiger partial charge in [-0.1, -0.05) is 29.8 Å². The Morgan fingerprint density at radius 3 is 2.46 bits per heavy atom. The number of nitrogens with one attached hydrogen (secondary N) is 1. The third kappa shape index (κ3) is 4.05. The second-order valence-corrected chi connectivity index (χ2v) is 7.77. The van der Waals surface area contributed by atoms with Crippen LogP contribution in [0.25, 0.3) is 5.69 Å². The van der Waals surface area contributed by atoms with Crippen LogP contribution in [0.3, 0.4) is 0 Å². The normalized spacial score (nSPS) is 17.6. The van der Waals surface area contributed by atoms with Crippen molar-refractivity contribution in [2.45, 2.75) is 25.8 Å². The van der Waals surface area contributed by atoms with Gasteiger partial charge >= 0.3 is 0 Å². The summed E-state index contributed by atoms with van der Waals surface area (Å²) in [6.45, 7) is 4.69. The van der Waals surface area contributed by atoms with Crippen molar-refractivity contribution in [3.8, 4) is 5.69 Å². The van der Waals surface area contributed by atoms with E-state index >= 15 is 0 Å². The number of halogens is 1. The van der Waals surface area contributed by atoms with E-state index < -0.39 is 0 Å². The molecule has 2 fully saturated rings. The highest BCUT2D eigenvalue weighted by atomic mass is 35.5. The van der Waals surface area contributed by atoms with Crippen LogP contribution in [0.5, 0.6) is 0 Å². The van der Waals surface area contributed by atoms with Gasteiger partial charge in [0.25, 0.3) is 5.91 Å². The second kappa shape index (κ2) is 7.93. The summed E-state index contributed by atoms with van der Waals surface area (Å²) >= 11 is 6.52. The first-order valence-corrected chi connectivity index (χ1v) is 10.0. The van der Waals surface area contributed by atoms with E-state index in [-0.39, 0.29) is 11.8 Å². The molecule has 0 atom stereocenters. The minimum absolute atomic E-state index is 0.0744. The Kier molecular flexibility index (Phi) is 5.37. The van der Waals surface area contributed by atoms with Gasteiger partial charge in [-0.2, -0.15) is 5.10 Å². The van der Waals surface area contributed by atoms with Crippen LogP contribution in [-0.4, -0.2) is 70.2 Å². The Balaban J connectivity index is 1.40. The molecule has 0 spiro atoms. The minimum Gasteiger partial charge on any atom is -0.352 e. The van der Waals surface area contributed by atoms with Crippen LogP contribution in [0.15, 0.2) is 30.3 Å². The zero-order valence-electron chi connectivity index (χ0n) is 15.9. The van der Waals surface area contributed by atoms with Crippen molar-refractivity contribution in [1.82, 2.24) is 24.9 Å². The standard InChI is InChI=1S/C20H24ClN5O2/c1-14-18(19(21)26(23-14)16-5-3-2-4-6-16)20(28)25-11-9-24(10-12-25)13-17(27)22-15-7-8-15/h2-6,15H,7-13H2,1H3,(H,22,27). The van der Waals surface area contributed by atoms with Gasteiger partial charge in [0.15, 0.2) is 0 Å². The van der Waals surface area contributed by atoms with Crippen LogP contribution >= 0.6 is 11.6 Å². The number of piperazine rings is 1. The predicted octanol–water partition coefficient (Wildman–Crippen LogP) is 1.87. The van der Waals surface area contributed by atoms with Crippen molar-refractivity contribution < 1.29 is 9.59 Å². The van der Waals surface area contributed by atoms with Crippen LogP contribution < -0.4 is 5.32 Å². The molecule has 1 saturated heterocycles. The monoisotopic (exact) mass is 401 g/mol. The summed E-state index contributed by atoms with van der Waals surface area (Å²) in [4.78, 5) is 28.9. The number of hydrogen-bond donors (Lipinski definition) is 1. The maximum Gasteiger partial charge on any atom is 0.258 e. The Hall–Kier alpha value is -2.38. The molecule has 0 bridgehead atoms. The van der Waals surface area contributed by atoms with Crippen LogP contribution in [0.4, 0.5) is 0 Å². The number of aromatic nitrogens is 2. The van der Waals surface area contributed by atoms with E-state index in [1.54, 1.807) is 16.5 Å². The van der Waals surface area contributed by atoms with Gasteiger partial charge in [0, 0.05) is 32.2 Å². The molecule has 0 radical (unpaired) electrons. The maximum absolute atomic E-state index is 13.1. The number of rotatable bonds is 5. The third-order valence-corrected chi connectivity index (χ3v) is 5.54. The molecule has 148 valence electrons. The van der Waals surface area contributed by atoms with Crippen molar-refractivity contribution in [3.63, 3.8) is 0 Å². The SMILES string of the molecule is Cc1nn(-c2ccccc2)c(Cl)c1C(=O)N1CCN(CC(=O)NC2CC2)CC1. The van der Waals surface area contributed by atoms with Gasteiger partial charge in [0.1, 0.15) is 5.15 Å². The molecule has 0 unspecified atom stereocenters. The molecule has 28 heavy (non-hydrogen) atoms. The van der Waals surface area contributed by atoms with E-state index in [0.717, 1.165) is 18.5 Å². The maximum atomic E-state index is 13.1. The first-order valence-electron chi connectivity index (χ1n) is 9.64. The van der Waals surface area contributed by atoms with E-state index in [0.29, 0.717) is 55.2 Å². The molecule has 2 aromatic rings. The molecule has 1 aromatic heterocycles. The highest BCUT2D eigenvalue weighted by Crippen LogP contribution is 2.25. The molecule has 2 aliphatic rings. The van der Waals surface area contributed by atoms with Gasteiger partial charge < -0.3 is 10.2 Å². The fourth-order valence-electron chi connectivity index (χ4n) is 3.45. The van der Waals surface area contributed by atoms with Crippen molar-refractivity contribution in [2.75, 3.05) is 32.7 Å². The van der Waals surface area contributed by atoms with E-state index in [1.807, 2.05) is 30.3 Å². The Morgan fingerprint density at radius 1 is 1.14 bits per heavy atom. The number of amides is 2. The zero-order chi connectivity index (χ0) is 19.7. The molecular formula is C20H24ClN5O2. The lowest BCUT2D eigenvalue weighted by atomic mass is 10.2. The van der Waals surface area contributed by atoms with Gasteiger partial charge in [-0.25, -0.2) is 4.68 Å². The summed E-state index contributed by atoms with van der Waals surface area (Å²) in [6.07, 6.45) is 2.18. The Bertz CT molecular complexity index is 870. The lowest BCUT2D eigenvalue weighted by Gasteiger charge is -2.34. The topological polar surface area (TPSA) is 70.5 Å². The zero-order valence-corrected chi connectivity index (χ0v) is 16.7. The number of hydrogen-bond acceptors (Lipinski definition) is 4. The van der Waals surface area contributed by atoms with Crippen LogP contribution in [-0.2, 0) is 4.79 Å². The van der Waals surface area contributed by atoms with Gasteiger partial charge in [0.05, 0.1) is 23.5 Å². The third-order valence-electron chi connectivity index (χ3n) is 5.19. The number of para-hydroxylation sites is 1. The second-order valence-electron chi connectivity index (χ2n) is 7.41. The predicted molar refractivity (Wildman–Crippen MR) is 107 cm³/mol. The van der Waals surface area contributed by atoms with Crippen LogP contribution in [0.2, 0.25) is 5.15 Å². The number of nitrogens with zero attached hydrogens (tertiary/aromatic N) is 4. The molecular weight excluding hydrogens is 378 g/mol. The number of carbonyl (C=O) groups excluding carboxylic acids is 2. The average molecular weight is 402 g/mol. The molecule has 7 nitrogen and oxygen atoms in total. The van der Waals surface area contributed by atoms with Crippen LogP contribution in [0.1, 0.15) is 28.9 Å². The molecule has 1 saturated carbocycles. The fourth-order valence-corrected chi connectivity index (χ4v) is 3.81. The molecule has 1 aliphatic carbocycles. The van der Waals surface area contributed by atoms with E-state index in [1.165, 1.54) is 0 Å². The average Bonchev–Trinajstić information content (AvgIpc) is 3.45. The molecule has 1 aromatic carbocycles. The summed E-state index contributed by atoms with van der Waals surface area (Å²) in [6, 6.07) is 9.91. The molecule has 8 heteroatoms. The summed E-state index contributed by atoms with van der Waals surface area (Å²) in [5.41, 5.74) is 1.89. The molecule has 2 amide bonds. The van der Waals surface area contributed by atoms with Gasteiger partial charge in [0.2, 0.25) is 5.91 Å². The molecule has 2 heterocycles. The van der Waals surface area contributed by atoms with Crippen LogP contribution in [0, 0.1) is 6.92 Å². The van der Waals surface area contributed by atoms with Gasteiger partial charge in [-0.05, 0) is 31.9 Å². The number of aryl methyl sites for hydroxylation is 1. The summed E-state index contributed by atoms with van der Waals surface area (Å²) in [7, 11) is 0. The van der Waals surface area contributed by atoms with Crippen molar-refractivity contribution in [3.05, 3.63) is 46.7 Å². The van der Waals surface area contributed by atoms with Crippen molar-refractivity contribution >= 4 is 23.4 Å². The first kappa shape index (κ1) is 19.0. The Labute approximate surface area is 169 Å². The van der Waals surface area contributed by atoms with E-state index in [2.05, 4.69) is 15.3 Å². The van der Waals surface area contributed by atoms with E-state index in [9.17, 15) is 9.59 Å². The summed E-state index contributed by atoms with van der Waals surface area (Å²) < 4.78 is 1.60. The largest absolute Gasteiger partial charge is 0.352 e.